The van der Waals surface area contributed by atoms with E-state index in [0.29, 0.717) is 0 Å². The molecule has 0 aromatic heterocycles. The molecule has 8 heteroatoms. The second-order valence-corrected chi connectivity index (χ2v) is 13.0. The Morgan fingerprint density at radius 3 is 1.33 bits per heavy atom. The molecule has 0 aromatic rings. The zero-order valence-corrected chi connectivity index (χ0v) is 30.2. The van der Waals surface area contributed by atoms with Crippen LogP contribution in [0.5, 0.6) is 0 Å². The van der Waals surface area contributed by atoms with E-state index < -0.39 is 0 Å². The van der Waals surface area contributed by atoms with E-state index in [2.05, 4.69) is 35.1 Å². The summed E-state index contributed by atoms with van der Waals surface area (Å²) in [6.07, 6.45) is 29.2. The Kier molecular flexibility index (Phi) is 36.2. The highest BCUT2D eigenvalue weighted by molar-refractivity contribution is 5.85. The standard InChI is InChI=1S/C37H78N6O2/c1-3-5-7-9-11-13-15-17-19-23-32-43(33-24-20-18-16-14-12-10-8-6-4-2)37(45)35-42-36(44)34-41-31-30-40-28-22-21-27-39-29-25-26-38/h39-41H,3-35,38H2,1-2H3,(H,42,44). The Labute approximate surface area is 279 Å². The van der Waals surface area contributed by atoms with Crippen molar-refractivity contribution in [3.8, 4) is 0 Å². The van der Waals surface area contributed by atoms with Crippen molar-refractivity contribution in [3.05, 3.63) is 0 Å². The molecule has 0 rings (SSSR count). The van der Waals surface area contributed by atoms with Crippen LogP contribution in [0.1, 0.15) is 162 Å². The third-order valence-corrected chi connectivity index (χ3v) is 8.63. The minimum Gasteiger partial charge on any atom is -0.346 e. The molecule has 0 heterocycles. The Hall–Kier alpha value is -1.22. The molecule has 0 aliphatic heterocycles. The third kappa shape index (κ3) is 33.9. The molecule has 0 bridgehead atoms. The first-order valence-electron chi connectivity index (χ1n) is 19.5. The van der Waals surface area contributed by atoms with E-state index in [1.54, 1.807) is 0 Å². The lowest BCUT2D eigenvalue weighted by atomic mass is 10.1. The first-order valence-corrected chi connectivity index (χ1v) is 19.5. The van der Waals surface area contributed by atoms with Gasteiger partial charge in [0.15, 0.2) is 0 Å². The van der Waals surface area contributed by atoms with Crippen molar-refractivity contribution in [2.24, 2.45) is 5.73 Å². The Bertz CT molecular complexity index is 598. The van der Waals surface area contributed by atoms with E-state index in [0.717, 1.165) is 84.5 Å². The van der Waals surface area contributed by atoms with E-state index in [1.807, 2.05) is 4.90 Å². The van der Waals surface area contributed by atoms with Crippen LogP contribution in [0.3, 0.4) is 0 Å². The topological polar surface area (TPSA) is 112 Å². The van der Waals surface area contributed by atoms with Gasteiger partial charge in [-0.15, -0.1) is 0 Å². The molecule has 8 nitrogen and oxygen atoms in total. The van der Waals surface area contributed by atoms with Crippen molar-refractivity contribution in [1.82, 2.24) is 26.2 Å². The highest BCUT2D eigenvalue weighted by Crippen LogP contribution is 2.13. The van der Waals surface area contributed by atoms with Crippen molar-refractivity contribution in [2.45, 2.75) is 162 Å². The summed E-state index contributed by atoms with van der Waals surface area (Å²) >= 11 is 0. The summed E-state index contributed by atoms with van der Waals surface area (Å²) in [5.74, 6) is -0.0425. The largest absolute Gasteiger partial charge is 0.346 e. The van der Waals surface area contributed by atoms with Crippen LogP contribution < -0.4 is 27.0 Å². The van der Waals surface area contributed by atoms with E-state index in [9.17, 15) is 9.59 Å². The minimum atomic E-state index is -0.107. The Morgan fingerprint density at radius 1 is 0.467 bits per heavy atom. The lowest BCUT2D eigenvalue weighted by Crippen LogP contribution is -2.44. The van der Waals surface area contributed by atoms with Crippen molar-refractivity contribution in [3.63, 3.8) is 0 Å². The number of amides is 2. The van der Waals surface area contributed by atoms with Gasteiger partial charge in [0.2, 0.25) is 11.8 Å². The molecular weight excluding hydrogens is 560 g/mol. The molecule has 0 saturated carbocycles. The number of nitrogens with two attached hydrogens (primary N) is 1. The summed E-state index contributed by atoms with van der Waals surface area (Å²) in [6, 6.07) is 0. The maximum absolute atomic E-state index is 13.1. The molecule has 0 aliphatic rings. The SMILES string of the molecule is CCCCCCCCCCCCN(CCCCCCCCCCCC)C(=O)CNC(=O)CNCCNCCCCNCCCN. The zero-order chi connectivity index (χ0) is 32.9. The molecule has 0 aromatic carbocycles. The fourth-order valence-corrected chi connectivity index (χ4v) is 5.65. The average Bonchev–Trinajstić information content (AvgIpc) is 3.04. The first-order chi connectivity index (χ1) is 22.2. The third-order valence-electron chi connectivity index (χ3n) is 8.63. The van der Waals surface area contributed by atoms with Gasteiger partial charge in [0, 0.05) is 26.2 Å². The lowest BCUT2D eigenvalue weighted by Gasteiger charge is -2.23. The van der Waals surface area contributed by atoms with Gasteiger partial charge in [-0.2, -0.15) is 0 Å². The molecule has 0 unspecified atom stereocenters. The molecule has 0 radical (unpaired) electrons. The molecule has 0 aliphatic carbocycles. The predicted octanol–water partition coefficient (Wildman–Crippen LogP) is 6.67. The van der Waals surface area contributed by atoms with Gasteiger partial charge in [-0.25, -0.2) is 0 Å². The number of rotatable bonds is 37. The quantitative estimate of drug-likeness (QED) is 0.0486. The molecular formula is C37H78N6O2. The second-order valence-electron chi connectivity index (χ2n) is 13.0. The fourth-order valence-electron chi connectivity index (χ4n) is 5.65. The highest BCUT2D eigenvalue weighted by atomic mass is 16.2. The summed E-state index contributed by atoms with van der Waals surface area (Å²) in [7, 11) is 0. The number of nitrogens with one attached hydrogen (secondary N) is 4. The molecule has 2 amide bonds. The summed E-state index contributed by atoms with van der Waals surface area (Å²) < 4.78 is 0. The number of hydrogen-bond acceptors (Lipinski definition) is 6. The number of carbonyl (C=O) groups is 2. The predicted molar refractivity (Wildman–Crippen MR) is 195 cm³/mol. The fraction of sp³-hybridized carbons (Fsp3) is 0.946. The highest BCUT2D eigenvalue weighted by Gasteiger charge is 2.14. The van der Waals surface area contributed by atoms with Crippen LogP contribution in [0.2, 0.25) is 0 Å². The minimum absolute atomic E-state index is 0.0642. The van der Waals surface area contributed by atoms with E-state index in [-0.39, 0.29) is 24.9 Å². The normalized spacial score (nSPS) is 11.3. The van der Waals surface area contributed by atoms with Gasteiger partial charge in [0.1, 0.15) is 0 Å². The molecule has 268 valence electrons. The van der Waals surface area contributed by atoms with Crippen LogP contribution >= 0.6 is 0 Å². The smallest absolute Gasteiger partial charge is 0.241 e. The van der Waals surface area contributed by atoms with Crippen LogP contribution in [0, 0.1) is 0 Å². The maximum atomic E-state index is 13.1. The van der Waals surface area contributed by atoms with Gasteiger partial charge in [-0.1, -0.05) is 129 Å². The number of unbranched alkanes of at least 4 members (excludes halogenated alkanes) is 19. The van der Waals surface area contributed by atoms with Gasteiger partial charge >= 0.3 is 0 Å². The van der Waals surface area contributed by atoms with Crippen LogP contribution in [-0.4, -0.2) is 82.2 Å². The number of hydrogen-bond donors (Lipinski definition) is 5. The number of carbonyl (C=O) groups excluding carboxylic acids is 2. The summed E-state index contributed by atoms with van der Waals surface area (Å²) in [5, 5.41) is 12.8. The van der Waals surface area contributed by atoms with Crippen LogP contribution in [0.15, 0.2) is 0 Å². The zero-order valence-electron chi connectivity index (χ0n) is 30.2. The van der Waals surface area contributed by atoms with Gasteiger partial charge < -0.3 is 31.9 Å². The van der Waals surface area contributed by atoms with Crippen molar-refractivity contribution in [2.75, 3.05) is 65.4 Å². The first kappa shape index (κ1) is 43.8. The Morgan fingerprint density at radius 2 is 0.867 bits per heavy atom. The van der Waals surface area contributed by atoms with Gasteiger partial charge in [-0.3, -0.25) is 9.59 Å². The molecule has 0 atom stereocenters. The molecule has 6 N–H and O–H groups in total. The summed E-state index contributed by atoms with van der Waals surface area (Å²) in [6.45, 7) is 11.8. The van der Waals surface area contributed by atoms with Crippen molar-refractivity contribution >= 4 is 11.8 Å². The molecule has 45 heavy (non-hydrogen) atoms. The monoisotopic (exact) mass is 639 g/mol. The maximum Gasteiger partial charge on any atom is 0.241 e. The van der Waals surface area contributed by atoms with Gasteiger partial charge in [0.05, 0.1) is 13.1 Å². The number of nitrogens with zero attached hydrogens (tertiary/aromatic N) is 1. The van der Waals surface area contributed by atoms with E-state index in [4.69, 9.17) is 5.73 Å². The van der Waals surface area contributed by atoms with Crippen molar-refractivity contribution in [1.29, 1.82) is 0 Å². The molecule has 0 fully saturated rings. The lowest BCUT2D eigenvalue weighted by molar-refractivity contribution is -0.132. The molecule has 0 saturated heterocycles. The average molecular weight is 639 g/mol. The van der Waals surface area contributed by atoms with E-state index >= 15 is 0 Å². The van der Waals surface area contributed by atoms with Crippen LogP contribution in [0.4, 0.5) is 0 Å². The summed E-state index contributed by atoms with van der Waals surface area (Å²) in [5.41, 5.74) is 5.50. The van der Waals surface area contributed by atoms with E-state index in [1.165, 1.54) is 116 Å². The second kappa shape index (κ2) is 37.2. The van der Waals surface area contributed by atoms with Crippen LogP contribution in [-0.2, 0) is 9.59 Å². The van der Waals surface area contributed by atoms with Gasteiger partial charge in [0.25, 0.3) is 0 Å². The Balaban J connectivity index is 4.14. The van der Waals surface area contributed by atoms with Crippen molar-refractivity contribution < 1.29 is 9.59 Å². The summed E-state index contributed by atoms with van der Waals surface area (Å²) in [4.78, 5) is 27.5. The van der Waals surface area contributed by atoms with Gasteiger partial charge in [-0.05, 0) is 58.3 Å². The van der Waals surface area contributed by atoms with Crippen LogP contribution in [0.25, 0.3) is 0 Å². The molecule has 0 spiro atoms.